The number of carboxylic acid groups (broad SMARTS) is 1. The molecule has 0 saturated carbocycles. The summed E-state index contributed by atoms with van der Waals surface area (Å²) < 4.78 is 20.6. The van der Waals surface area contributed by atoms with Crippen molar-refractivity contribution < 1.29 is 114 Å². The average molecular weight is 801 g/mol. The lowest BCUT2D eigenvalue weighted by Gasteiger charge is -2.34. The summed E-state index contributed by atoms with van der Waals surface area (Å²) in [4.78, 5) is 67.7. The normalized spacial score (nSPS) is 19.5. The van der Waals surface area contributed by atoms with Gasteiger partial charge in [0.25, 0.3) is 0 Å². The number of rotatable bonds is 2. The van der Waals surface area contributed by atoms with Crippen LogP contribution in [-0.4, -0.2) is 132 Å². The van der Waals surface area contributed by atoms with Gasteiger partial charge in [0.1, 0.15) is 12.7 Å². The van der Waals surface area contributed by atoms with Gasteiger partial charge < -0.3 is 90.4 Å². The first-order chi connectivity index (χ1) is 26.7. The van der Waals surface area contributed by atoms with Gasteiger partial charge in [0.2, 0.25) is 29.1 Å². The van der Waals surface area contributed by atoms with E-state index in [1.807, 2.05) is 0 Å². The van der Waals surface area contributed by atoms with Gasteiger partial charge in [-0.3, -0.25) is 0 Å². The molecular weight excluding hydrogens is 776 g/mol. The number of hydrogen-bond donors (Lipinski definition) is 14. The van der Waals surface area contributed by atoms with Crippen LogP contribution in [0.2, 0.25) is 0 Å². The summed E-state index contributed by atoms with van der Waals surface area (Å²) in [5.74, 6) is -26.1. The third-order valence-corrected chi connectivity index (χ3v) is 8.75. The van der Waals surface area contributed by atoms with Gasteiger partial charge in [-0.15, -0.1) is 0 Å². The van der Waals surface area contributed by atoms with Crippen LogP contribution in [0.4, 0.5) is 0 Å². The molecule has 0 radical (unpaired) electrons. The van der Waals surface area contributed by atoms with Gasteiger partial charge in [-0.2, -0.15) is 0 Å². The van der Waals surface area contributed by atoms with Crippen molar-refractivity contribution in [2.45, 2.75) is 24.4 Å². The molecule has 23 nitrogen and oxygen atoms in total. The second kappa shape index (κ2) is 13.6. The van der Waals surface area contributed by atoms with Crippen LogP contribution in [-0.2, 0) is 23.7 Å². The van der Waals surface area contributed by atoms with Crippen molar-refractivity contribution >= 4 is 29.8 Å². The molecule has 4 atom stereocenters. The highest BCUT2D eigenvalue weighted by atomic mass is 16.6. The minimum Gasteiger partial charge on any atom is -0.504 e. The zero-order chi connectivity index (χ0) is 42.1. The number of hydrogen-bond acceptors (Lipinski definition) is 22. The van der Waals surface area contributed by atoms with Gasteiger partial charge in [0.05, 0.1) is 22.3 Å². The summed E-state index contributed by atoms with van der Waals surface area (Å²) in [6.07, 6.45) is -11.1. The van der Waals surface area contributed by atoms with Crippen molar-refractivity contribution in [2.24, 2.45) is 0 Å². The van der Waals surface area contributed by atoms with E-state index in [2.05, 4.69) is 0 Å². The number of carboxylic acids is 1. The number of esters is 4. The Morgan fingerprint density at radius 1 is 0.456 bits per heavy atom. The molecule has 0 aliphatic carbocycles. The van der Waals surface area contributed by atoms with Crippen LogP contribution in [0.15, 0.2) is 24.3 Å². The second-order valence-corrected chi connectivity index (χ2v) is 12.1. The SMILES string of the molecule is O=C1OC[C@@H](O)[C@H]([C@@H]2OC(=O)c3cc(O)c(O)c(O)c3-c3c(cc(O)c(O)c3O)C(=O)O[C@@H]2C(=O)O)OC(=O)c2cc(O)c(O)c(O)c2-c2c1cc(O)c(O)c2O. The molecule has 2 heterocycles. The third-order valence-electron chi connectivity index (χ3n) is 8.75. The number of aliphatic carboxylic acids is 1. The number of carbonyl (C=O) groups is 5. The smallest absolute Gasteiger partial charge is 0.349 e. The molecule has 4 aromatic carbocycles. The van der Waals surface area contributed by atoms with Gasteiger partial charge in [-0.1, -0.05) is 0 Å². The summed E-state index contributed by atoms with van der Waals surface area (Å²) in [6, 6.07) is 1.50. The van der Waals surface area contributed by atoms with Crippen LogP contribution < -0.4 is 0 Å². The number of benzene rings is 4. The number of ether oxygens (including phenoxy) is 4. The molecule has 23 heteroatoms. The maximum absolute atomic E-state index is 14.0. The zero-order valence-corrected chi connectivity index (χ0v) is 27.8. The average Bonchev–Trinajstić information content (AvgIpc) is 3.17. The Hall–Kier alpha value is -8.21. The highest BCUT2D eigenvalue weighted by molar-refractivity contribution is 6.10. The molecule has 0 fully saturated rings. The van der Waals surface area contributed by atoms with E-state index in [-0.39, 0.29) is 0 Å². The van der Waals surface area contributed by atoms with Crippen molar-refractivity contribution in [3.8, 4) is 91.2 Å². The van der Waals surface area contributed by atoms with E-state index in [0.29, 0.717) is 24.3 Å². The lowest BCUT2D eigenvalue weighted by molar-refractivity contribution is -0.166. The second-order valence-electron chi connectivity index (χ2n) is 12.1. The Morgan fingerprint density at radius 3 is 1.09 bits per heavy atom. The number of fused-ring (bicyclic) bond motifs is 6. The van der Waals surface area contributed by atoms with E-state index in [4.69, 9.17) is 18.9 Å². The van der Waals surface area contributed by atoms with Gasteiger partial charge in [-0.05, 0) is 24.3 Å². The van der Waals surface area contributed by atoms with Gasteiger partial charge >= 0.3 is 29.8 Å². The number of aromatic hydroxyl groups is 12. The van der Waals surface area contributed by atoms with Gasteiger partial charge in [-0.25, -0.2) is 24.0 Å². The van der Waals surface area contributed by atoms with E-state index >= 15 is 0 Å². The summed E-state index contributed by atoms with van der Waals surface area (Å²) in [7, 11) is 0. The monoisotopic (exact) mass is 800 g/mol. The van der Waals surface area contributed by atoms with Crippen LogP contribution in [0.25, 0.3) is 22.3 Å². The fourth-order valence-corrected chi connectivity index (χ4v) is 6.04. The third kappa shape index (κ3) is 6.04. The Morgan fingerprint density at radius 2 is 0.754 bits per heavy atom. The first-order valence-electron chi connectivity index (χ1n) is 15.5. The highest BCUT2D eigenvalue weighted by Crippen LogP contribution is 2.55. The summed E-state index contributed by atoms with van der Waals surface area (Å²) in [6.45, 7) is -1.40. The largest absolute Gasteiger partial charge is 0.504 e. The quantitative estimate of drug-likeness (QED) is 0.0740. The lowest BCUT2D eigenvalue weighted by Crippen LogP contribution is -2.54. The molecule has 57 heavy (non-hydrogen) atoms. The maximum Gasteiger partial charge on any atom is 0.349 e. The van der Waals surface area contributed by atoms with Gasteiger partial charge in [0, 0.05) is 22.3 Å². The minimum absolute atomic E-state index is 0.347. The van der Waals surface area contributed by atoms with Crippen molar-refractivity contribution in [3.63, 3.8) is 0 Å². The molecule has 0 saturated heterocycles. The van der Waals surface area contributed by atoms with E-state index in [1.165, 1.54) is 0 Å². The van der Waals surface area contributed by atoms with Crippen molar-refractivity contribution in [2.75, 3.05) is 6.61 Å². The Balaban J connectivity index is 1.60. The fourth-order valence-electron chi connectivity index (χ4n) is 6.04. The van der Waals surface area contributed by atoms with Crippen molar-refractivity contribution in [1.82, 2.24) is 0 Å². The first-order valence-corrected chi connectivity index (χ1v) is 15.5. The fraction of sp³-hybridized carbons (Fsp3) is 0.147. The summed E-state index contributed by atoms with van der Waals surface area (Å²) in [5, 5.41) is 147. The molecule has 0 spiro atoms. The Bertz CT molecular complexity index is 2470. The molecule has 0 unspecified atom stereocenters. The Kier molecular flexibility index (Phi) is 9.17. The first kappa shape index (κ1) is 38.5. The number of aliphatic hydroxyl groups is 1. The number of phenolic OH excluding ortho intramolecular Hbond substituents is 12. The highest BCUT2D eigenvalue weighted by Gasteiger charge is 2.49. The van der Waals surface area contributed by atoms with E-state index in [9.17, 15) is 95.5 Å². The molecule has 14 N–H and O–H groups in total. The molecule has 2 aliphatic rings. The predicted octanol–water partition coefficient (Wildman–Crippen LogP) is 0.394. The van der Waals surface area contributed by atoms with Crippen LogP contribution in [0.5, 0.6) is 69.0 Å². The number of cyclic esters (lactones) is 4. The maximum atomic E-state index is 14.0. The zero-order valence-electron chi connectivity index (χ0n) is 27.8. The standard InChI is InChI=1S/C34H24O23/c35-10-1-6-15(23(44)19(10)40)16-7(2-11(36)20(41)24(16)45)32(51)55-27(14(39)5-54-31(6)50)28-29(30(48)49)57-34(53)9-4-13(38)22(43)26(47)18(9)17-8(33(52)56-28)3-12(37)21(42)25(17)46/h1-4,14,27-29,35-47H,5H2,(H,48,49)/t14-,27-,28+,29+/m1/s1. The number of carbonyl (C=O) groups excluding carboxylic acids is 4. The van der Waals surface area contributed by atoms with Gasteiger partial charge in [0.15, 0.2) is 58.2 Å². The number of phenols is 12. The summed E-state index contributed by atoms with van der Waals surface area (Å²) in [5.41, 5.74) is -8.86. The molecule has 298 valence electrons. The van der Waals surface area contributed by atoms with Crippen molar-refractivity contribution in [1.29, 1.82) is 0 Å². The van der Waals surface area contributed by atoms with Crippen LogP contribution in [0.3, 0.4) is 0 Å². The van der Waals surface area contributed by atoms with Crippen LogP contribution >= 0.6 is 0 Å². The number of aliphatic hydroxyl groups excluding tert-OH is 1. The topological polar surface area (TPSA) is 405 Å². The van der Waals surface area contributed by atoms with E-state index < -0.39 is 174 Å². The molecule has 2 aliphatic heterocycles. The molecule has 0 bridgehead atoms. The molecule has 6 rings (SSSR count). The minimum atomic E-state index is -2.95. The molecule has 4 aromatic rings. The van der Waals surface area contributed by atoms with Crippen molar-refractivity contribution in [3.05, 3.63) is 46.5 Å². The van der Waals surface area contributed by atoms with Crippen LogP contribution in [0, 0.1) is 0 Å². The van der Waals surface area contributed by atoms with Crippen LogP contribution in [0.1, 0.15) is 41.4 Å². The molecule has 0 amide bonds. The molecule has 0 aromatic heterocycles. The predicted molar refractivity (Wildman–Crippen MR) is 175 cm³/mol. The summed E-state index contributed by atoms with van der Waals surface area (Å²) >= 11 is 0. The van der Waals surface area contributed by atoms with E-state index in [1.54, 1.807) is 0 Å². The molecular formula is C34H24O23. The van der Waals surface area contributed by atoms with E-state index in [0.717, 1.165) is 0 Å². The Labute approximate surface area is 313 Å². The lowest BCUT2D eigenvalue weighted by atomic mass is 9.91.